The Morgan fingerprint density at radius 2 is 2.18 bits per heavy atom. The molecule has 17 heavy (non-hydrogen) atoms. The second-order valence-corrected chi connectivity index (χ2v) is 3.73. The van der Waals surface area contributed by atoms with Crippen molar-refractivity contribution in [2.24, 2.45) is 5.73 Å². The number of carbonyl (C=O) groups excluding carboxylic acids is 1. The highest BCUT2D eigenvalue weighted by molar-refractivity contribution is 5.75. The molecule has 0 aliphatic heterocycles. The molecule has 0 aliphatic carbocycles. The summed E-state index contributed by atoms with van der Waals surface area (Å²) in [6.45, 7) is 0.452. The van der Waals surface area contributed by atoms with Crippen LogP contribution in [-0.4, -0.2) is 24.1 Å². The number of aliphatic hydroxyl groups excluding tert-OH is 1. The minimum absolute atomic E-state index is 0.00430. The molecule has 4 N–H and O–H groups in total. The van der Waals surface area contributed by atoms with Crippen LogP contribution >= 0.6 is 0 Å². The molecule has 0 heterocycles. The zero-order valence-corrected chi connectivity index (χ0v) is 9.53. The molecule has 1 rings (SSSR count). The molecule has 0 saturated heterocycles. The van der Waals surface area contributed by atoms with Gasteiger partial charge in [0.1, 0.15) is 5.82 Å². The number of rotatable bonds is 6. The Kier molecular flexibility index (Phi) is 5.59. The van der Waals surface area contributed by atoms with Crippen molar-refractivity contribution in [3.05, 3.63) is 35.6 Å². The molecule has 1 amide bonds. The van der Waals surface area contributed by atoms with Crippen molar-refractivity contribution in [1.29, 1.82) is 0 Å². The number of hydrogen-bond donors (Lipinski definition) is 3. The van der Waals surface area contributed by atoms with Crippen LogP contribution in [0.25, 0.3) is 0 Å². The van der Waals surface area contributed by atoms with Gasteiger partial charge in [-0.25, -0.2) is 4.39 Å². The summed E-state index contributed by atoms with van der Waals surface area (Å²) < 4.78 is 13.3. The Balaban J connectivity index is 2.42. The van der Waals surface area contributed by atoms with E-state index in [0.717, 1.165) is 0 Å². The Morgan fingerprint density at radius 3 is 2.82 bits per heavy atom. The second kappa shape index (κ2) is 6.98. The van der Waals surface area contributed by atoms with Crippen LogP contribution in [0, 0.1) is 5.82 Å². The normalized spacial score (nSPS) is 12.2. The van der Waals surface area contributed by atoms with Gasteiger partial charge < -0.3 is 16.2 Å². The number of aliphatic hydroxyl groups is 1. The quantitative estimate of drug-likeness (QED) is 0.685. The number of carbonyl (C=O) groups is 1. The molecule has 1 aromatic rings. The first kappa shape index (κ1) is 13.6. The first-order valence-corrected chi connectivity index (χ1v) is 5.54. The molecule has 94 valence electrons. The summed E-state index contributed by atoms with van der Waals surface area (Å²) in [6, 6.07) is 5.95. The van der Waals surface area contributed by atoms with Crippen LogP contribution < -0.4 is 11.1 Å². The van der Waals surface area contributed by atoms with Crippen LogP contribution in [0.5, 0.6) is 0 Å². The van der Waals surface area contributed by atoms with Crippen LogP contribution in [0.15, 0.2) is 24.3 Å². The number of hydrogen-bond acceptors (Lipinski definition) is 3. The van der Waals surface area contributed by atoms with Crippen LogP contribution in [0.1, 0.15) is 24.5 Å². The predicted octanol–water partition coefficient (Wildman–Crippen LogP) is 0.714. The lowest BCUT2D eigenvalue weighted by molar-refractivity contribution is -0.121. The van der Waals surface area contributed by atoms with E-state index in [4.69, 9.17) is 5.73 Å². The average Bonchev–Trinajstić information content (AvgIpc) is 2.34. The molecule has 0 aliphatic rings. The molecular formula is C12H17FN2O2. The zero-order chi connectivity index (χ0) is 12.7. The van der Waals surface area contributed by atoms with Crippen molar-refractivity contribution in [1.82, 2.24) is 5.32 Å². The van der Waals surface area contributed by atoms with Gasteiger partial charge in [-0.3, -0.25) is 4.79 Å². The topological polar surface area (TPSA) is 75.4 Å². The minimum Gasteiger partial charge on any atom is -0.386 e. The molecule has 0 fully saturated rings. The second-order valence-electron chi connectivity index (χ2n) is 3.73. The number of halogens is 1. The lowest BCUT2D eigenvalue weighted by Gasteiger charge is -2.12. The fourth-order valence-electron chi connectivity index (χ4n) is 1.42. The maximum absolute atomic E-state index is 13.3. The zero-order valence-electron chi connectivity index (χ0n) is 9.53. The van der Waals surface area contributed by atoms with Crippen LogP contribution in [0.3, 0.4) is 0 Å². The van der Waals surface area contributed by atoms with E-state index in [9.17, 15) is 14.3 Å². The summed E-state index contributed by atoms with van der Waals surface area (Å²) in [6.07, 6.45) is -0.111. The van der Waals surface area contributed by atoms with Crippen molar-refractivity contribution in [3.63, 3.8) is 0 Å². The molecule has 0 spiro atoms. The number of nitrogens with two attached hydrogens (primary N) is 1. The molecular weight excluding hydrogens is 223 g/mol. The van der Waals surface area contributed by atoms with E-state index < -0.39 is 11.9 Å². The Hall–Kier alpha value is -1.46. The molecule has 1 atom stereocenters. The number of amides is 1. The van der Waals surface area contributed by atoms with Crippen molar-refractivity contribution in [2.45, 2.75) is 18.9 Å². The minimum atomic E-state index is -1.03. The molecule has 0 bridgehead atoms. The summed E-state index contributed by atoms with van der Waals surface area (Å²) in [7, 11) is 0. The molecule has 0 aromatic heterocycles. The molecule has 1 unspecified atom stereocenters. The van der Waals surface area contributed by atoms with E-state index in [1.807, 2.05) is 0 Å². The number of nitrogens with one attached hydrogen (secondary N) is 1. The summed E-state index contributed by atoms with van der Waals surface area (Å²) in [5, 5.41) is 12.2. The predicted molar refractivity (Wildman–Crippen MR) is 62.7 cm³/mol. The van der Waals surface area contributed by atoms with Crippen LogP contribution in [0.4, 0.5) is 4.39 Å². The van der Waals surface area contributed by atoms with Gasteiger partial charge in [-0.2, -0.15) is 0 Å². The highest BCUT2D eigenvalue weighted by atomic mass is 19.1. The van der Waals surface area contributed by atoms with Gasteiger partial charge in [-0.05, 0) is 19.0 Å². The van der Waals surface area contributed by atoms with E-state index in [1.54, 1.807) is 12.1 Å². The van der Waals surface area contributed by atoms with Gasteiger partial charge in [0.05, 0.1) is 6.10 Å². The van der Waals surface area contributed by atoms with Gasteiger partial charge in [0.2, 0.25) is 5.91 Å². The van der Waals surface area contributed by atoms with E-state index in [-0.39, 0.29) is 18.0 Å². The SMILES string of the molecule is NCCCC(=O)NCC(O)c1ccccc1F. The molecule has 5 heteroatoms. The summed E-state index contributed by atoms with van der Waals surface area (Å²) >= 11 is 0. The van der Waals surface area contributed by atoms with Crippen molar-refractivity contribution >= 4 is 5.91 Å². The molecule has 0 saturated carbocycles. The Bertz CT molecular complexity index is 371. The third-order valence-corrected chi connectivity index (χ3v) is 2.36. The van der Waals surface area contributed by atoms with Gasteiger partial charge in [0, 0.05) is 18.5 Å². The van der Waals surface area contributed by atoms with Crippen LogP contribution in [-0.2, 0) is 4.79 Å². The lowest BCUT2D eigenvalue weighted by Crippen LogP contribution is -2.28. The fourth-order valence-corrected chi connectivity index (χ4v) is 1.42. The third-order valence-electron chi connectivity index (χ3n) is 2.36. The summed E-state index contributed by atoms with van der Waals surface area (Å²) in [4.78, 5) is 11.3. The fraction of sp³-hybridized carbons (Fsp3) is 0.417. The van der Waals surface area contributed by atoms with Crippen molar-refractivity contribution < 1.29 is 14.3 Å². The summed E-state index contributed by atoms with van der Waals surface area (Å²) in [5.74, 6) is -0.665. The van der Waals surface area contributed by atoms with Gasteiger partial charge in [-0.1, -0.05) is 18.2 Å². The van der Waals surface area contributed by atoms with E-state index in [0.29, 0.717) is 19.4 Å². The third kappa shape index (κ3) is 4.50. The van der Waals surface area contributed by atoms with E-state index in [1.165, 1.54) is 12.1 Å². The lowest BCUT2D eigenvalue weighted by atomic mass is 10.1. The first-order valence-electron chi connectivity index (χ1n) is 5.54. The maximum atomic E-state index is 13.3. The van der Waals surface area contributed by atoms with E-state index in [2.05, 4.69) is 5.32 Å². The van der Waals surface area contributed by atoms with Crippen molar-refractivity contribution in [3.8, 4) is 0 Å². The van der Waals surface area contributed by atoms with Gasteiger partial charge in [0.25, 0.3) is 0 Å². The van der Waals surface area contributed by atoms with Crippen LogP contribution in [0.2, 0.25) is 0 Å². The largest absolute Gasteiger partial charge is 0.386 e. The molecule has 0 radical (unpaired) electrons. The Morgan fingerprint density at radius 1 is 1.47 bits per heavy atom. The van der Waals surface area contributed by atoms with Gasteiger partial charge >= 0.3 is 0 Å². The molecule has 1 aromatic carbocycles. The standard InChI is InChI=1S/C12H17FN2O2/c13-10-5-2-1-4-9(10)11(16)8-15-12(17)6-3-7-14/h1-2,4-5,11,16H,3,6-8,14H2,(H,15,17). The summed E-state index contributed by atoms with van der Waals surface area (Å²) in [5.41, 5.74) is 5.45. The molecule has 4 nitrogen and oxygen atoms in total. The average molecular weight is 240 g/mol. The smallest absolute Gasteiger partial charge is 0.220 e. The Labute approximate surface area is 99.6 Å². The van der Waals surface area contributed by atoms with Gasteiger partial charge in [0.15, 0.2) is 0 Å². The monoisotopic (exact) mass is 240 g/mol. The van der Waals surface area contributed by atoms with Crippen molar-refractivity contribution in [2.75, 3.05) is 13.1 Å². The van der Waals surface area contributed by atoms with Gasteiger partial charge in [-0.15, -0.1) is 0 Å². The van der Waals surface area contributed by atoms with E-state index >= 15 is 0 Å². The maximum Gasteiger partial charge on any atom is 0.220 e. The first-order chi connectivity index (χ1) is 8.15. The number of benzene rings is 1. The highest BCUT2D eigenvalue weighted by Gasteiger charge is 2.12. The highest BCUT2D eigenvalue weighted by Crippen LogP contribution is 2.15.